The largest absolute Gasteiger partial charge is 0.497 e. The van der Waals surface area contributed by atoms with Crippen molar-refractivity contribution in [1.29, 1.82) is 0 Å². The summed E-state index contributed by atoms with van der Waals surface area (Å²) in [6.45, 7) is 8.07. The molecule has 0 aliphatic rings. The Hall–Kier alpha value is -1.34. The number of aliphatic hydroxyl groups is 3. The minimum Gasteiger partial charge on any atom is -0.497 e. The van der Waals surface area contributed by atoms with Gasteiger partial charge in [-0.1, -0.05) is 27.7 Å². The Balaban J connectivity index is 2.71. The van der Waals surface area contributed by atoms with Gasteiger partial charge < -0.3 is 30.1 Å². The second-order valence-electron chi connectivity index (χ2n) is 7.41. The Morgan fingerprint density at radius 3 is 2.28 bits per heavy atom. The summed E-state index contributed by atoms with van der Waals surface area (Å²) in [5.74, 6) is 1.47. The predicted octanol–water partition coefficient (Wildman–Crippen LogP) is 1.46. The molecule has 0 spiro atoms. The van der Waals surface area contributed by atoms with E-state index in [0.29, 0.717) is 12.2 Å². The van der Waals surface area contributed by atoms with Crippen LogP contribution < -0.4 is 14.8 Å². The Kier molecular flexibility index (Phi) is 8.15. The fraction of sp³-hybridized carbons (Fsp3) is 0.684. The zero-order valence-corrected chi connectivity index (χ0v) is 16.0. The molecular weight excluding hydrogens is 322 g/mol. The number of ether oxygens (including phenoxy) is 2. The Bertz CT molecular complexity index is 515. The zero-order chi connectivity index (χ0) is 19.1. The first-order valence-corrected chi connectivity index (χ1v) is 8.67. The van der Waals surface area contributed by atoms with E-state index in [4.69, 9.17) is 9.47 Å². The molecule has 6 heteroatoms. The predicted molar refractivity (Wildman–Crippen MR) is 98.4 cm³/mol. The van der Waals surface area contributed by atoms with E-state index < -0.39 is 11.6 Å². The molecule has 0 aromatic heterocycles. The lowest BCUT2D eigenvalue weighted by atomic mass is 9.86. The minimum atomic E-state index is -0.780. The van der Waals surface area contributed by atoms with E-state index in [9.17, 15) is 15.3 Å². The molecule has 25 heavy (non-hydrogen) atoms. The monoisotopic (exact) mass is 355 g/mol. The van der Waals surface area contributed by atoms with Gasteiger partial charge in [0.2, 0.25) is 0 Å². The van der Waals surface area contributed by atoms with Crippen molar-refractivity contribution < 1.29 is 24.8 Å². The third-order valence-electron chi connectivity index (χ3n) is 4.42. The molecule has 4 N–H and O–H groups in total. The highest BCUT2D eigenvalue weighted by Gasteiger charge is 2.27. The second kappa shape index (κ2) is 9.38. The van der Waals surface area contributed by atoms with Gasteiger partial charge in [-0.15, -0.1) is 0 Å². The van der Waals surface area contributed by atoms with E-state index in [1.165, 1.54) is 0 Å². The van der Waals surface area contributed by atoms with Gasteiger partial charge in [-0.25, -0.2) is 0 Å². The lowest BCUT2D eigenvalue weighted by Gasteiger charge is -2.31. The minimum absolute atomic E-state index is 0.110. The van der Waals surface area contributed by atoms with Crippen molar-refractivity contribution in [3.63, 3.8) is 0 Å². The van der Waals surface area contributed by atoms with Crippen LogP contribution in [0.3, 0.4) is 0 Å². The Labute approximate surface area is 150 Å². The van der Waals surface area contributed by atoms with Crippen LogP contribution in [0.25, 0.3) is 0 Å². The number of hydrogen-bond acceptors (Lipinski definition) is 6. The van der Waals surface area contributed by atoms with Gasteiger partial charge >= 0.3 is 0 Å². The molecule has 6 nitrogen and oxygen atoms in total. The van der Waals surface area contributed by atoms with Gasteiger partial charge in [0.05, 0.1) is 25.9 Å². The molecule has 1 atom stereocenters. The molecule has 0 saturated heterocycles. The van der Waals surface area contributed by atoms with Crippen LogP contribution in [-0.4, -0.2) is 60.4 Å². The molecule has 0 bridgehead atoms. The molecule has 1 unspecified atom stereocenters. The number of benzene rings is 1. The molecule has 144 valence electrons. The fourth-order valence-corrected chi connectivity index (χ4v) is 2.44. The summed E-state index contributed by atoms with van der Waals surface area (Å²) in [7, 11) is 1.63. The van der Waals surface area contributed by atoms with Crippen LogP contribution in [-0.2, 0) is 5.41 Å². The van der Waals surface area contributed by atoms with Crippen LogP contribution in [0.4, 0.5) is 0 Å². The van der Waals surface area contributed by atoms with Crippen molar-refractivity contribution in [2.45, 2.75) is 51.2 Å². The van der Waals surface area contributed by atoms with Gasteiger partial charge in [0.1, 0.15) is 24.2 Å². The first-order valence-electron chi connectivity index (χ1n) is 8.67. The van der Waals surface area contributed by atoms with Gasteiger partial charge in [-0.2, -0.15) is 0 Å². The average Bonchev–Trinajstić information content (AvgIpc) is 2.60. The summed E-state index contributed by atoms with van der Waals surface area (Å²) in [5.41, 5.74) is 0.0937. The quantitative estimate of drug-likeness (QED) is 0.508. The molecule has 0 aliphatic carbocycles. The van der Waals surface area contributed by atoms with Gasteiger partial charge in [-0.05, 0) is 30.0 Å². The highest BCUT2D eigenvalue weighted by molar-refractivity contribution is 5.44. The normalized spacial score (nSPS) is 13.6. The van der Waals surface area contributed by atoms with Crippen molar-refractivity contribution in [1.82, 2.24) is 5.32 Å². The summed E-state index contributed by atoms with van der Waals surface area (Å²) in [5, 5.41) is 32.1. The second-order valence-corrected chi connectivity index (χ2v) is 7.41. The number of β-amino-alcohol motifs (C(OH)–C–C–N with tert-alkyl or cyclic N) is 1. The van der Waals surface area contributed by atoms with Crippen molar-refractivity contribution in [2.24, 2.45) is 0 Å². The number of methoxy groups -OCH3 is 1. The zero-order valence-electron chi connectivity index (χ0n) is 16.0. The third kappa shape index (κ3) is 6.15. The smallest absolute Gasteiger partial charge is 0.123 e. The maximum Gasteiger partial charge on any atom is 0.123 e. The molecule has 0 amide bonds. The average molecular weight is 355 g/mol. The molecule has 1 aromatic rings. The first-order chi connectivity index (χ1) is 11.7. The molecule has 0 saturated carbocycles. The summed E-state index contributed by atoms with van der Waals surface area (Å²) >= 11 is 0. The van der Waals surface area contributed by atoms with Crippen LogP contribution >= 0.6 is 0 Å². The van der Waals surface area contributed by atoms with Crippen LogP contribution in [0.1, 0.15) is 39.7 Å². The SMILES string of the molecule is CCC(CO)(CO)NCC(O)COc1ccc(OC)cc1C(C)(C)C. The lowest BCUT2D eigenvalue weighted by molar-refractivity contribution is 0.0565. The lowest BCUT2D eigenvalue weighted by Crippen LogP contribution is -2.54. The van der Waals surface area contributed by atoms with Gasteiger partial charge in [0.25, 0.3) is 0 Å². The van der Waals surface area contributed by atoms with E-state index in [2.05, 4.69) is 26.1 Å². The number of nitrogens with one attached hydrogen (secondary N) is 1. The molecule has 0 aliphatic heterocycles. The van der Waals surface area contributed by atoms with Gasteiger partial charge in [0.15, 0.2) is 0 Å². The van der Waals surface area contributed by atoms with Crippen molar-refractivity contribution in [2.75, 3.05) is 33.5 Å². The fourth-order valence-electron chi connectivity index (χ4n) is 2.44. The van der Waals surface area contributed by atoms with Crippen LogP contribution in [0, 0.1) is 0 Å². The van der Waals surface area contributed by atoms with E-state index in [-0.39, 0.29) is 31.8 Å². The summed E-state index contributed by atoms with van der Waals surface area (Å²) < 4.78 is 11.1. The van der Waals surface area contributed by atoms with Crippen LogP contribution in [0.15, 0.2) is 18.2 Å². The Morgan fingerprint density at radius 2 is 1.80 bits per heavy atom. The van der Waals surface area contributed by atoms with Crippen molar-refractivity contribution in [3.05, 3.63) is 23.8 Å². The topological polar surface area (TPSA) is 91.2 Å². The molecule has 0 fully saturated rings. The van der Waals surface area contributed by atoms with E-state index in [1.54, 1.807) is 7.11 Å². The highest BCUT2D eigenvalue weighted by Crippen LogP contribution is 2.34. The molecule has 1 aromatic carbocycles. The van der Waals surface area contributed by atoms with Crippen molar-refractivity contribution >= 4 is 0 Å². The molecule has 0 heterocycles. The number of hydrogen-bond donors (Lipinski definition) is 4. The highest BCUT2D eigenvalue weighted by atomic mass is 16.5. The molecule has 1 rings (SSSR count). The summed E-state index contributed by atoms with van der Waals surface area (Å²) in [4.78, 5) is 0. The van der Waals surface area contributed by atoms with E-state index in [0.717, 1.165) is 11.3 Å². The number of aliphatic hydroxyl groups excluding tert-OH is 3. The van der Waals surface area contributed by atoms with Crippen LogP contribution in [0.2, 0.25) is 0 Å². The standard InChI is InChI=1S/C19H33NO5/c1-6-19(12-21,13-22)20-10-14(23)11-25-17-8-7-15(24-5)9-16(17)18(2,3)4/h7-9,14,20-23H,6,10-13H2,1-5H3. The third-order valence-corrected chi connectivity index (χ3v) is 4.42. The van der Waals surface area contributed by atoms with Crippen molar-refractivity contribution in [3.8, 4) is 11.5 Å². The van der Waals surface area contributed by atoms with E-state index >= 15 is 0 Å². The maximum absolute atomic E-state index is 10.2. The van der Waals surface area contributed by atoms with Gasteiger partial charge in [0, 0.05) is 12.1 Å². The van der Waals surface area contributed by atoms with Gasteiger partial charge in [-0.3, -0.25) is 0 Å². The number of rotatable bonds is 10. The Morgan fingerprint density at radius 1 is 1.16 bits per heavy atom. The maximum atomic E-state index is 10.2. The summed E-state index contributed by atoms with van der Waals surface area (Å²) in [6, 6.07) is 5.62. The molecule has 0 radical (unpaired) electrons. The van der Waals surface area contributed by atoms with E-state index in [1.807, 2.05) is 25.1 Å². The first kappa shape index (κ1) is 21.7. The molecular formula is C19H33NO5. The summed E-state index contributed by atoms with van der Waals surface area (Å²) in [6.07, 6.45) is -0.209. The van der Waals surface area contributed by atoms with Crippen LogP contribution in [0.5, 0.6) is 11.5 Å².